The van der Waals surface area contributed by atoms with E-state index in [1.807, 2.05) is 91.0 Å². The van der Waals surface area contributed by atoms with Gasteiger partial charge < -0.3 is 13.6 Å². The van der Waals surface area contributed by atoms with Crippen LogP contribution in [0, 0.1) is 6.57 Å². The maximum absolute atomic E-state index is 8.78. The molecule has 7 nitrogen and oxygen atoms in total. The van der Waals surface area contributed by atoms with Crippen molar-refractivity contribution >= 4 is 71.2 Å². The average Bonchev–Trinajstić information content (AvgIpc) is 3.97. The summed E-state index contributed by atoms with van der Waals surface area (Å²) in [4.78, 5) is 19.5. The SMILES string of the molecule is [C-]#[N+]c1cc(-n2c3ccccc3c3ccccc32)c2c(oc3c(-c4nc(-c5ccccc5)nc(-c5ccccc5)n4)cccc32)c1-n1c2ccccc2c2ccccc21. The molecule has 12 rings (SSSR count). The van der Waals surface area contributed by atoms with Crippen LogP contribution in [0.2, 0.25) is 0 Å². The van der Waals surface area contributed by atoms with E-state index in [1.54, 1.807) is 0 Å². The van der Waals surface area contributed by atoms with Gasteiger partial charge in [-0.05, 0) is 36.4 Å². The number of para-hydroxylation sites is 5. The van der Waals surface area contributed by atoms with Crippen LogP contribution in [0.3, 0.4) is 0 Å². The monoisotopic (exact) mass is 754 g/mol. The Kier molecular flexibility index (Phi) is 7.16. The molecule has 59 heavy (non-hydrogen) atoms. The Morgan fingerprint density at radius 2 is 0.864 bits per heavy atom. The molecule has 0 N–H and O–H groups in total. The number of fused-ring (bicyclic) bond motifs is 9. The Balaban J connectivity index is 1.25. The molecule has 8 aromatic carbocycles. The van der Waals surface area contributed by atoms with Crippen LogP contribution < -0.4 is 0 Å². The van der Waals surface area contributed by atoms with Gasteiger partial charge in [-0.3, -0.25) is 0 Å². The van der Waals surface area contributed by atoms with Crippen LogP contribution in [0.25, 0.3) is 116 Å². The lowest BCUT2D eigenvalue weighted by atomic mass is 10.0. The van der Waals surface area contributed by atoms with E-state index in [1.165, 1.54) is 0 Å². The maximum atomic E-state index is 8.78. The molecule has 0 atom stereocenters. The third-order valence-electron chi connectivity index (χ3n) is 11.4. The molecule has 4 heterocycles. The molecule has 12 aromatic rings. The first-order valence-corrected chi connectivity index (χ1v) is 19.5. The zero-order chi connectivity index (χ0) is 39.0. The van der Waals surface area contributed by atoms with Gasteiger partial charge in [0, 0.05) is 43.7 Å². The number of benzene rings is 8. The Labute approximate surface area is 337 Å². The minimum absolute atomic E-state index is 0.472. The number of nitrogens with zero attached hydrogens (tertiary/aromatic N) is 6. The summed E-state index contributed by atoms with van der Waals surface area (Å²) in [7, 11) is 0. The summed E-state index contributed by atoms with van der Waals surface area (Å²) in [6, 6.07) is 61.8. The van der Waals surface area contributed by atoms with Gasteiger partial charge in [-0.15, -0.1) is 0 Å². The van der Waals surface area contributed by atoms with Crippen molar-refractivity contribution in [1.29, 1.82) is 0 Å². The van der Waals surface area contributed by atoms with Crippen molar-refractivity contribution in [3.63, 3.8) is 0 Å². The summed E-state index contributed by atoms with van der Waals surface area (Å²) in [6.07, 6.45) is 0. The molecule has 0 radical (unpaired) electrons. The van der Waals surface area contributed by atoms with E-state index >= 15 is 0 Å². The summed E-state index contributed by atoms with van der Waals surface area (Å²) in [5.74, 6) is 1.62. The molecule has 4 aromatic heterocycles. The van der Waals surface area contributed by atoms with Crippen LogP contribution in [-0.4, -0.2) is 24.1 Å². The molecule has 0 aliphatic rings. The molecule has 7 heteroatoms. The second-order valence-corrected chi connectivity index (χ2v) is 14.6. The molecule has 0 saturated carbocycles. The van der Waals surface area contributed by atoms with Gasteiger partial charge in [0.1, 0.15) is 5.58 Å². The highest BCUT2D eigenvalue weighted by Gasteiger charge is 2.27. The van der Waals surface area contributed by atoms with Crippen LogP contribution >= 0.6 is 0 Å². The number of hydrogen-bond donors (Lipinski definition) is 0. The van der Waals surface area contributed by atoms with Crippen LogP contribution in [0.1, 0.15) is 0 Å². The van der Waals surface area contributed by atoms with Gasteiger partial charge in [0.15, 0.2) is 23.1 Å². The fraction of sp³-hybridized carbons (Fsp3) is 0. The third kappa shape index (κ3) is 4.90. The normalized spacial score (nSPS) is 11.7. The number of rotatable bonds is 5. The quantitative estimate of drug-likeness (QED) is 0.164. The van der Waals surface area contributed by atoms with Crippen molar-refractivity contribution in [3.05, 3.63) is 193 Å². The van der Waals surface area contributed by atoms with E-state index in [0.29, 0.717) is 40.0 Å². The fourth-order valence-corrected chi connectivity index (χ4v) is 8.85. The van der Waals surface area contributed by atoms with Crippen molar-refractivity contribution in [1.82, 2.24) is 24.1 Å². The lowest BCUT2D eigenvalue weighted by Gasteiger charge is -2.16. The zero-order valence-electron chi connectivity index (χ0n) is 31.4. The first-order chi connectivity index (χ1) is 29.2. The van der Waals surface area contributed by atoms with Gasteiger partial charge in [0.25, 0.3) is 0 Å². The summed E-state index contributed by atoms with van der Waals surface area (Å²) in [5, 5.41) is 6.24. The Hall–Kier alpha value is -8.34. The molecule has 0 unspecified atom stereocenters. The molecule has 0 aliphatic carbocycles. The van der Waals surface area contributed by atoms with Crippen LogP contribution in [0.5, 0.6) is 0 Å². The van der Waals surface area contributed by atoms with Crippen molar-refractivity contribution in [2.75, 3.05) is 0 Å². The lowest BCUT2D eigenvalue weighted by molar-refractivity contribution is 0.667. The van der Waals surface area contributed by atoms with Gasteiger partial charge in [-0.25, -0.2) is 19.8 Å². The first-order valence-electron chi connectivity index (χ1n) is 19.5. The van der Waals surface area contributed by atoms with E-state index < -0.39 is 0 Å². The average molecular weight is 755 g/mol. The smallest absolute Gasteiger partial charge is 0.216 e. The zero-order valence-corrected chi connectivity index (χ0v) is 31.4. The first kappa shape index (κ1) is 32.9. The van der Waals surface area contributed by atoms with Crippen LogP contribution in [0.4, 0.5) is 5.69 Å². The highest BCUT2D eigenvalue weighted by molar-refractivity contribution is 6.20. The summed E-state index contributed by atoms with van der Waals surface area (Å²) < 4.78 is 11.8. The minimum atomic E-state index is 0.472. The molecule has 0 amide bonds. The van der Waals surface area contributed by atoms with Gasteiger partial charge >= 0.3 is 0 Å². The van der Waals surface area contributed by atoms with Crippen LogP contribution in [0.15, 0.2) is 186 Å². The standard InChI is InChI=1S/C52H30N6O/c1-53-40-31-45(57-41-27-12-8-21-34(41)35-22-9-13-28-42(35)57)46-38-25-16-26-39(52-55-50(32-17-4-2-5-18-32)54-51(56-52)33-19-6-3-7-20-33)48(38)59-49(46)47(40)58-43-29-14-10-23-36(43)37-24-11-15-30-44(37)58/h2-31H. The Bertz CT molecular complexity index is 3520. The van der Waals surface area contributed by atoms with E-state index in [4.69, 9.17) is 25.9 Å². The molecule has 0 spiro atoms. The third-order valence-corrected chi connectivity index (χ3v) is 11.4. The largest absolute Gasteiger partial charge is 0.454 e. The Morgan fingerprint density at radius 1 is 0.424 bits per heavy atom. The lowest BCUT2D eigenvalue weighted by Crippen LogP contribution is -2.00. The molecule has 0 bridgehead atoms. The van der Waals surface area contributed by atoms with Crippen molar-refractivity contribution in [2.24, 2.45) is 0 Å². The fourth-order valence-electron chi connectivity index (χ4n) is 8.85. The van der Waals surface area contributed by atoms with E-state index in [-0.39, 0.29) is 0 Å². The summed E-state index contributed by atoms with van der Waals surface area (Å²) >= 11 is 0. The molecular weight excluding hydrogens is 725 g/mol. The molecular formula is C52H30N6O. The Morgan fingerprint density at radius 3 is 1.37 bits per heavy atom. The summed E-state index contributed by atoms with van der Waals surface area (Å²) in [5.41, 5.74) is 9.79. The second-order valence-electron chi connectivity index (χ2n) is 14.6. The van der Waals surface area contributed by atoms with E-state index in [0.717, 1.165) is 76.8 Å². The highest BCUT2D eigenvalue weighted by atomic mass is 16.3. The van der Waals surface area contributed by atoms with Gasteiger partial charge in [0.2, 0.25) is 5.69 Å². The highest BCUT2D eigenvalue weighted by Crippen LogP contribution is 2.48. The summed E-state index contributed by atoms with van der Waals surface area (Å²) in [6.45, 7) is 8.78. The molecule has 274 valence electrons. The molecule has 0 saturated heterocycles. The van der Waals surface area contributed by atoms with E-state index in [2.05, 4.69) is 105 Å². The maximum Gasteiger partial charge on any atom is 0.216 e. The molecule has 0 fully saturated rings. The minimum Gasteiger partial charge on any atom is -0.454 e. The van der Waals surface area contributed by atoms with Crippen molar-refractivity contribution < 1.29 is 4.42 Å². The van der Waals surface area contributed by atoms with Crippen molar-refractivity contribution in [2.45, 2.75) is 0 Å². The number of hydrogen-bond acceptors (Lipinski definition) is 4. The van der Waals surface area contributed by atoms with Crippen molar-refractivity contribution in [3.8, 4) is 45.5 Å². The van der Waals surface area contributed by atoms with Gasteiger partial charge in [-0.1, -0.05) is 146 Å². The topological polar surface area (TPSA) is 66.0 Å². The van der Waals surface area contributed by atoms with Crippen LogP contribution in [-0.2, 0) is 0 Å². The second kappa shape index (κ2) is 12.8. The molecule has 0 aliphatic heterocycles. The number of aromatic nitrogens is 5. The predicted octanol–water partition coefficient (Wildman–Crippen LogP) is 13.5. The predicted molar refractivity (Wildman–Crippen MR) is 238 cm³/mol. The van der Waals surface area contributed by atoms with Gasteiger partial charge in [-0.2, -0.15) is 0 Å². The number of furan rings is 1. The van der Waals surface area contributed by atoms with E-state index in [9.17, 15) is 0 Å². The van der Waals surface area contributed by atoms with Gasteiger partial charge in [0.05, 0.1) is 45.3 Å².